The number of halogens is 1. The van der Waals surface area contributed by atoms with Gasteiger partial charge in [0.15, 0.2) is 0 Å². The lowest BCUT2D eigenvalue weighted by molar-refractivity contribution is 1.11. The molecule has 0 aliphatic heterocycles. The monoisotopic (exact) mass is 146 g/mol. The van der Waals surface area contributed by atoms with E-state index in [0.717, 1.165) is 0 Å². The highest BCUT2D eigenvalue weighted by Crippen LogP contribution is 1.73. The minimum Gasteiger partial charge on any atom is -0.269 e. The Morgan fingerprint density at radius 2 is 1.44 bits per heavy atom. The molecule has 1 heterocycles. The second kappa shape index (κ2) is 10.2. The van der Waals surface area contributed by atoms with Gasteiger partial charge in [0.25, 0.3) is 0 Å². The second-order valence-corrected chi connectivity index (χ2v) is 1.02. The van der Waals surface area contributed by atoms with E-state index in [0.29, 0.717) is 0 Å². The third-order valence-electron chi connectivity index (χ3n) is 0.566. The molecule has 0 aliphatic rings. The number of nitrogens with one attached hydrogen (secondary N) is 1. The van der Waals surface area contributed by atoms with Crippen LogP contribution in [-0.2, 0) is 12.4 Å². The molecule has 0 saturated heterocycles. The third kappa shape index (κ3) is 7.10. The van der Waals surface area contributed by atoms with Crippen molar-refractivity contribution in [1.29, 1.82) is 4.78 Å². The van der Waals surface area contributed by atoms with Crippen LogP contribution in [0.25, 0.3) is 0 Å². The van der Waals surface area contributed by atoms with Gasteiger partial charge >= 0.3 is 0 Å². The molecule has 4 heteroatoms. The summed E-state index contributed by atoms with van der Waals surface area (Å²) >= 11 is 3.33. The molecule has 0 fully saturated rings. The van der Waals surface area contributed by atoms with Gasteiger partial charge in [-0.25, -0.2) is 4.78 Å². The average Bonchev–Trinajstić information content (AvgIpc) is 1.96. The van der Waals surface area contributed by atoms with Crippen LogP contribution in [0.15, 0.2) is 30.6 Å². The Bertz CT molecular complexity index is 97.8. The fraction of sp³-hybridized carbons (Fsp3) is 0. The van der Waals surface area contributed by atoms with Crippen LogP contribution in [-0.4, -0.2) is 4.98 Å². The molecule has 0 atom stereocenters. The first-order valence-corrected chi connectivity index (χ1v) is 2.46. The SMILES string of the molecule is F.N=S.c1ccncc1. The predicted molar refractivity (Wildman–Crippen MR) is 36.8 cm³/mol. The van der Waals surface area contributed by atoms with Gasteiger partial charge in [-0.05, 0) is 12.1 Å². The summed E-state index contributed by atoms with van der Waals surface area (Å²) in [5, 5.41) is 0. The van der Waals surface area contributed by atoms with Crippen molar-refractivity contribution in [3.8, 4) is 0 Å². The van der Waals surface area contributed by atoms with Gasteiger partial charge in [0.05, 0.1) is 0 Å². The summed E-state index contributed by atoms with van der Waals surface area (Å²) in [6.07, 6.45) is 3.50. The summed E-state index contributed by atoms with van der Waals surface area (Å²) in [5.41, 5.74) is 0. The van der Waals surface area contributed by atoms with Crippen molar-refractivity contribution in [2.24, 2.45) is 0 Å². The zero-order chi connectivity index (χ0) is 6.24. The molecule has 0 saturated carbocycles. The molecular weight excluding hydrogens is 139 g/mol. The molecule has 0 aromatic carbocycles. The summed E-state index contributed by atoms with van der Waals surface area (Å²) < 4.78 is 5.33. The first-order valence-electron chi connectivity index (χ1n) is 2.05. The molecule has 0 spiro atoms. The Hall–Kier alpha value is -0.900. The van der Waals surface area contributed by atoms with Gasteiger partial charge < -0.3 is 0 Å². The summed E-state index contributed by atoms with van der Waals surface area (Å²) in [5.74, 6) is 0. The zero-order valence-electron chi connectivity index (χ0n) is 4.65. The van der Waals surface area contributed by atoms with Gasteiger partial charge in [-0.15, -0.1) is 0 Å². The van der Waals surface area contributed by atoms with E-state index >= 15 is 0 Å². The van der Waals surface area contributed by atoms with Crippen LogP contribution in [0.2, 0.25) is 0 Å². The average molecular weight is 146 g/mol. The fourth-order valence-corrected chi connectivity index (χ4v) is 0.313. The van der Waals surface area contributed by atoms with Crippen LogP contribution in [0.4, 0.5) is 4.70 Å². The Morgan fingerprint density at radius 3 is 1.56 bits per heavy atom. The van der Waals surface area contributed by atoms with Crippen molar-refractivity contribution in [3.05, 3.63) is 30.6 Å². The van der Waals surface area contributed by atoms with Crippen molar-refractivity contribution in [2.45, 2.75) is 0 Å². The van der Waals surface area contributed by atoms with Gasteiger partial charge in [0.2, 0.25) is 0 Å². The van der Waals surface area contributed by atoms with Crippen LogP contribution >= 0.6 is 0 Å². The summed E-state index contributed by atoms with van der Waals surface area (Å²) in [6.45, 7) is 0. The second-order valence-electron chi connectivity index (χ2n) is 1.02. The molecule has 0 aliphatic carbocycles. The molecule has 9 heavy (non-hydrogen) atoms. The van der Waals surface area contributed by atoms with Crippen LogP contribution in [0.3, 0.4) is 0 Å². The van der Waals surface area contributed by atoms with Gasteiger partial charge in [-0.2, -0.15) is 0 Å². The van der Waals surface area contributed by atoms with E-state index < -0.39 is 0 Å². The topological polar surface area (TPSA) is 36.7 Å². The standard InChI is InChI=1S/C5H5N.FH.HNS/c1-2-4-6-5-3-1;;1-2/h1-5H;1H;1H. The van der Waals surface area contributed by atoms with E-state index in [4.69, 9.17) is 4.78 Å². The number of pyridine rings is 1. The van der Waals surface area contributed by atoms with E-state index in [2.05, 4.69) is 17.4 Å². The molecule has 2 nitrogen and oxygen atoms in total. The zero-order valence-corrected chi connectivity index (χ0v) is 5.47. The van der Waals surface area contributed by atoms with Crippen molar-refractivity contribution < 1.29 is 4.70 Å². The minimum absolute atomic E-state index is 0. The van der Waals surface area contributed by atoms with Gasteiger partial charge in [-0.3, -0.25) is 9.69 Å². The maximum atomic E-state index is 5.33. The lowest BCUT2D eigenvalue weighted by Gasteiger charge is -1.70. The van der Waals surface area contributed by atoms with E-state index in [1.807, 2.05) is 18.2 Å². The normalized spacial score (nSPS) is 5.78. The number of rotatable bonds is 0. The highest BCUT2D eigenvalue weighted by Gasteiger charge is 1.58. The molecule has 1 aromatic heterocycles. The first-order chi connectivity index (χ1) is 4.00. The maximum absolute atomic E-state index is 5.33. The van der Waals surface area contributed by atoms with Crippen LogP contribution in [0, 0.1) is 4.78 Å². The maximum Gasteiger partial charge on any atom is 0.0324 e. The van der Waals surface area contributed by atoms with Crippen molar-refractivity contribution in [2.75, 3.05) is 0 Å². The molecule has 1 N–H and O–H groups in total. The summed E-state index contributed by atoms with van der Waals surface area (Å²) in [4.78, 5) is 3.78. The van der Waals surface area contributed by atoms with E-state index in [1.54, 1.807) is 12.4 Å². The van der Waals surface area contributed by atoms with Crippen molar-refractivity contribution in [3.63, 3.8) is 0 Å². The molecule has 50 valence electrons. The largest absolute Gasteiger partial charge is 0.269 e. The Morgan fingerprint density at radius 1 is 1.00 bits per heavy atom. The van der Waals surface area contributed by atoms with Gasteiger partial charge in [0.1, 0.15) is 0 Å². The van der Waals surface area contributed by atoms with Gasteiger partial charge in [0, 0.05) is 24.8 Å². The van der Waals surface area contributed by atoms with Crippen LogP contribution < -0.4 is 0 Å². The first kappa shape index (κ1) is 11.0. The summed E-state index contributed by atoms with van der Waals surface area (Å²) in [7, 11) is 0. The predicted octanol–water partition coefficient (Wildman–Crippen LogP) is 1.53. The molecule has 0 radical (unpaired) electrons. The van der Waals surface area contributed by atoms with E-state index in [-0.39, 0.29) is 4.70 Å². The molecule has 1 aromatic rings. The Labute approximate surface area is 58.3 Å². The lowest BCUT2D eigenvalue weighted by Crippen LogP contribution is -1.58. The molecule has 0 unspecified atom stereocenters. The number of hydrogen-bond donors (Lipinski definition) is 1. The van der Waals surface area contributed by atoms with Crippen molar-refractivity contribution in [1.82, 2.24) is 4.98 Å². The smallest absolute Gasteiger partial charge is 0.0324 e. The van der Waals surface area contributed by atoms with Crippen molar-refractivity contribution >= 4 is 12.4 Å². The third-order valence-corrected chi connectivity index (χ3v) is 0.566. The van der Waals surface area contributed by atoms with E-state index in [9.17, 15) is 0 Å². The Kier molecular flexibility index (Phi) is 12.4. The lowest BCUT2D eigenvalue weighted by atomic mass is 10.5. The summed E-state index contributed by atoms with van der Waals surface area (Å²) in [6, 6.07) is 5.72. The molecule has 0 amide bonds. The van der Waals surface area contributed by atoms with Crippen LogP contribution in [0.1, 0.15) is 0 Å². The van der Waals surface area contributed by atoms with Crippen LogP contribution in [0.5, 0.6) is 0 Å². The molecular formula is C5H7FN2S. The highest BCUT2D eigenvalue weighted by molar-refractivity contribution is 7.45. The molecule has 0 bridgehead atoms. The fourth-order valence-electron chi connectivity index (χ4n) is 0.313. The number of nitrogens with zero attached hydrogens (tertiary/aromatic N) is 1. The highest BCUT2D eigenvalue weighted by atomic mass is 32.1. The minimum atomic E-state index is 0. The van der Waals surface area contributed by atoms with E-state index in [1.165, 1.54) is 0 Å². The molecule has 1 rings (SSSR count). The number of hydrogen-bond acceptors (Lipinski definition) is 3. The van der Waals surface area contributed by atoms with Gasteiger partial charge in [-0.1, -0.05) is 6.07 Å². The Balaban J connectivity index is 0. The quantitative estimate of drug-likeness (QED) is 0.602. The number of aromatic nitrogens is 1.